The van der Waals surface area contributed by atoms with Crippen LogP contribution in [-0.2, 0) is 6.42 Å². The summed E-state index contributed by atoms with van der Waals surface area (Å²) in [4.78, 5) is 3.87. The summed E-state index contributed by atoms with van der Waals surface area (Å²) in [7, 11) is 0. The van der Waals surface area contributed by atoms with E-state index in [2.05, 4.69) is 40.7 Å². The zero-order chi connectivity index (χ0) is 14.7. The van der Waals surface area contributed by atoms with Crippen LogP contribution in [-0.4, -0.2) is 4.98 Å². The van der Waals surface area contributed by atoms with E-state index in [0.29, 0.717) is 6.42 Å². The Bertz CT molecular complexity index is 758. The quantitative estimate of drug-likeness (QED) is 0.570. The molecule has 0 aliphatic heterocycles. The molecule has 1 atom stereocenters. The lowest BCUT2D eigenvalue weighted by molar-refractivity contribution is 0.541. The highest BCUT2D eigenvalue weighted by molar-refractivity contribution is 5.83. The van der Waals surface area contributed by atoms with E-state index in [4.69, 9.17) is 5.84 Å². The first kappa shape index (κ1) is 13.7. The van der Waals surface area contributed by atoms with Gasteiger partial charge in [-0.25, -0.2) is 4.39 Å². The van der Waals surface area contributed by atoms with Crippen molar-refractivity contribution in [2.75, 3.05) is 0 Å². The maximum Gasteiger partial charge on any atom is 0.141 e. The second-order valence-electron chi connectivity index (χ2n) is 5.04. The molecule has 1 heterocycles. The van der Waals surface area contributed by atoms with Gasteiger partial charge in [-0.2, -0.15) is 0 Å². The van der Waals surface area contributed by atoms with Gasteiger partial charge in [-0.15, -0.1) is 0 Å². The molecule has 106 valence electrons. The van der Waals surface area contributed by atoms with Crippen molar-refractivity contribution >= 4 is 10.8 Å². The molecule has 0 saturated carbocycles. The van der Waals surface area contributed by atoms with E-state index < -0.39 is 0 Å². The van der Waals surface area contributed by atoms with Gasteiger partial charge in [-0.3, -0.25) is 16.3 Å². The first-order valence-electron chi connectivity index (χ1n) is 6.80. The van der Waals surface area contributed by atoms with Crippen LogP contribution in [0.4, 0.5) is 4.39 Å². The van der Waals surface area contributed by atoms with Gasteiger partial charge in [0.05, 0.1) is 12.2 Å². The summed E-state index contributed by atoms with van der Waals surface area (Å²) >= 11 is 0. The third-order valence-electron chi connectivity index (χ3n) is 3.58. The minimum absolute atomic E-state index is 0.172. The van der Waals surface area contributed by atoms with Gasteiger partial charge in [0.1, 0.15) is 5.82 Å². The molecular weight excluding hydrogens is 265 g/mol. The number of nitrogens with zero attached hydrogens (tertiary/aromatic N) is 1. The number of nitrogens with two attached hydrogens (primary N) is 1. The maximum atomic E-state index is 13.3. The van der Waals surface area contributed by atoms with Crippen molar-refractivity contribution in [2.24, 2.45) is 5.84 Å². The van der Waals surface area contributed by atoms with Gasteiger partial charge >= 0.3 is 0 Å². The van der Waals surface area contributed by atoms with E-state index in [9.17, 15) is 4.39 Å². The molecule has 1 unspecified atom stereocenters. The number of halogens is 1. The van der Waals surface area contributed by atoms with Crippen LogP contribution in [0.2, 0.25) is 0 Å². The van der Waals surface area contributed by atoms with Crippen molar-refractivity contribution < 1.29 is 4.39 Å². The van der Waals surface area contributed by atoms with Gasteiger partial charge in [0.2, 0.25) is 0 Å². The SMILES string of the molecule is NNC(Cc1ccc2ccccc2c1)c1cncc(F)c1. The van der Waals surface area contributed by atoms with Crippen LogP contribution in [0.5, 0.6) is 0 Å². The Kier molecular flexibility index (Phi) is 3.90. The van der Waals surface area contributed by atoms with Gasteiger partial charge in [0.25, 0.3) is 0 Å². The Morgan fingerprint density at radius 2 is 1.86 bits per heavy atom. The molecule has 0 bridgehead atoms. The first-order valence-corrected chi connectivity index (χ1v) is 6.80. The summed E-state index contributed by atoms with van der Waals surface area (Å²) in [6.07, 6.45) is 3.49. The number of aromatic nitrogens is 1. The van der Waals surface area contributed by atoms with Crippen molar-refractivity contribution in [2.45, 2.75) is 12.5 Å². The normalized spacial score (nSPS) is 12.5. The van der Waals surface area contributed by atoms with Crippen molar-refractivity contribution in [1.82, 2.24) is 10.4 Å². The van der Waals surface area contributed by atoms with Crippen LogP contribution in [0.25, 0.3) is 10.8 Å². The minimum atomic E-state index is -0.355. The number of pyridine rings is 1. The van der Waals surface area contributed by atoms with Crippen LogP contribution in [0.1, 0.15) is 17.2 Å². The molecule has 2 aromatic carbocycles. The summed E-state index contributed by atoms with van der Waals surface area (Å²) in [5.74, 6) is 5.26. The standard InChI is InChI=1S/C17H16FN3/c18-16-9-15(10-20-11-16)17(21-19)8-12-5-6-13-3-1-2-4-14(13)7-12/h1-7,9-11,17,21H,8,19H2. The lowest BCUT2D eigenvalue weighted by Gasteiger charge is -2.16. The van der Waals surface area contributed by atoms with Crippen LogP contribution in [0.3, 0.4) is 0 Å². The third kappa shape index (κ3) is 3.07. The largest absolute Gasteiger partial charge is 0.271 e. The third-order valence-corrected chi connectivity index (χ3v) is 3.58. The Morgan fingerprint density at radius 1 is 1.05 bits per heavy atom. The fourth-order valence-electron chi connectivity index (χ4n) is 2.49. The van der Waals surface area contributed by atoms with Crippen LogP contribution >= 0.6 is 0 Å². The van der Waals surface area contributed by atoms with E-state index in [1.54, 1.807) is 6.20 Å². The number of hydrazine groups is 1. The van der Waals surface area contributed by atoms with Crippen LogP contribution < -0.4 is 11.3 Å². The van der Waals surface area contributed by atoms with Gasteiger partial charge in [0, 0.05) is 6.20 Å². The molecule has 0 amide bonds. The highest BCUT2D eigenvalue weighted by Gasteiger charge is 2.12. The van der Waals surface area contributed by atoms with Crippen LogP contribution in [0.15, 0.2) is 60.9 Å². The predicted molar refractivity (Wildman–Crippen MR) is 81.9 cm³/mol. The number of rotatable bonds is 4. The number of hydrogen-bond acceptors (Lipinski definition) is 3. The second kappa shape index (κ2) is 5.99. The number of hydrogen-bond donors (Lipinski definition) is 2. The van der Waals surface area contributed by atoms with Gasteiger partial charge in [0.15, 0.2) is 0 Å². The fraction of sp³-hybridized carbons (Fsp3) is 0.118. The van der Waals surface area contributed by atoms with E-state index >= 15 is 0 Å². The molecule has 3 nitrogen and oxygen atoms in total. The average Bonchev–Trinajstić information content (AvgIpc) is 2.52. The molecule has 0 aliphatic rings. The molecule has 0 aliphatic carbocycles. The Balaban J connectivity index is 1.88. The van der Waals surface area contributed by atoms with Gasteiger partial charge < -0.3 is 0 Å². The zero-order valence-electron chi connectivity index (χ0n) is 11.5. The lowest BCUT2D eigenvalue weighted by atomic mass is 9.98. The van der Waals surface area contributed by atoms with Crippen molar-refractivity contribution in [3.8, 4) is 0 Å². The van der Waals surface area contributed by atoms with E-state index in [1.165, 1.54) is 23.0 Å². The molecule has 0 radical (unpaired) electrons. The lowest BCUT2D eigenvalue weighted by Crippen LogP contribution is -2.29. The number of fused-ring (bicyclic) bond motifs is 1. The number of nitrogens with one attached hydrogen (secondary N) is 1. The topological polar surface area (TPSA) is 50.9 Å². The molecule has 0 spiro atoms. The molecule has 21 heavy (non-hydrogen) atoms. The minimum Gasteiger partial charge on any atom is -0.271 e. The van der Waals surface area contributed by atoms with Gasteiger partial charge in [-0.05, 0) is 34.4 Å². The van der Waals surface area contributed by atoms with E-state index in [-0.39, 0.29) is 11.9 Å². The maximum absolute atomic E-state index is 13.3. The highest BCUT2D eigenvalue weighted by Crippen LogP contribution is 2.21. The van der Waals surface area contributed by atoms with Crippen molar-refractivity contribution in [3.63, 3.8) is 0 Å². The van der Waals surface area contributed by atoms with Crippen molar-refractivity contribution in [1.29, 1.82) is 0 Å². The molecular formula is C17H16FN3. The molecule has 0 fully saturated rings. The van der Waals surface area contributed by atoms with Crippen LogP contribution in [0, 0.1) is 5.82 Å². The molecule has 1 aromatic heterocycles. The first-order chi connectivity index (χ1) is 10.3. The zero-order valence-corrected chi connectivity index (χ0v) is 11.5. The van der Waals surface area contributed by atoms with Gasteiger partial charge in [-0.1, -0.05) is 42.5 Å². The van der Waals surface area contributed by atoms with E-state index in [0.717, 1.165) is 11.1 Å². The molecule has 3 aromatic rings. The Labute approximate surface area is 122 Å². The molecule has 3 rings (SSSR count). The smallest absolute Gasteiger partial charge is 0.141 e. The molecule has 3 N–H and O–H groups in total. The van der Waals surface area contributed by atoms with Crippen molar-refractivity contribution in [3.05, 3.63) is 77.9 Å². The summed E-state index contributed by atoms with van der Waals surface area (Å²) in [5, 5.41) is 2.38. The van der Waals surface area contributed by atoms with E-state index in [1.807, 2.05) is 12.1 Å². The highest BCUT2D eigenvalue weighted by atomic mass is 19.1. The molecule has 0 saturated heterocycles. The fourth-order valence-corrected chi connectivity index (χ4v) is 2.49. The Morgan fingerprint density at radius 3 is 2.62 bits per heavy atom. The monoisotopic (exact) mass is 281 g/mol. The average molecular weight is 281 g/mol. The predicted octanol–water partition coefficient (Wildman–Crippen LogP) is 3.12. The summed E-state index contributed by atoms with van der Waals surface area (Å²) < 4.78 is 13.3. The summed E-state index contributed by atoms with van der Waals surface area (Å²) in [6, 6.07) is 15.8. The number of benzene rings is 2. The Hall–Kier alpha value is -2.30. The molecule has 4 heteroatoms. The second-order valence-corrected chi connectivity index (χ2v) is 5.04. The summed E-state index contributed by atoms with van der Waals surface area (Å²) in [5.41, 5.74) is 4.62. The summed E-state index contributed by atoms with van der Waals surface area (Å²) in [6.45, 7) is 0.